The third-order valence-electron chi connectivity index (χ3n) is 3.16. The summed E-state index contributed by atoms with van der Waals surface area (Å²) in [5.41, 5.74) is 1.23. The van der Waals surface area contributed by atoms with Crippen molar-refractivity contribution in [2.45, 2.75) is 32.7 Å². The van der Waals surface area contributed by atoms with E-state index in [2.05, 4.69) is 23.7 Å². The van der Waals surface area contributed by atoms with Crippen molar-refractivity contribution in [1.29, 1.82) is 0 Å². The highest BCUT2D eigenvalue weighted by Crippen LogP contribution is 2.31. The molecule has 1 aromatic rings. The van der Waals surface area contributed by atoms with Crippen LogP contribution in [0.1, 0.15) is 38.3 Å². The molecule has 0 unspecified atom stereocenters. The SMILES string of the molecule is CC(C)CN1CCC[C@@H]1c1ccc(=O)[nH]c1. The monoisotopic (exact) mass is 220 g/mol. The standard InChI is InChI=1S/C13H20N2O/c1-10(2)9-15-7-3-4-12(15)11-5-6-13(16)14-8-11/h5-6,8,10,12H,3-4,7,9H2,1-2H3,(H,14,16)/t12-/m1/s1. The number of hydrogen-bond donors (Lipinski definition) is 1. The van der Waals surface area contributed by atoms with Crippen LogP contribution in [0.5, 0.6) is 0 Å². The lowest BCUT2D eigenvalue weighted by molar-refractivity contribution is 0.228. The van der Waals surface area contributed by atoms with Gasteiger partial charge in [-0.15, -0.1) is 0 Å². The number of nitrogens with zero attached hydrogens (tertiary/aromatic N) is 1. The van der Waals surface area contributed by atoms with E-state index < -0.39 is 0 Å². The molecule has 0 bridgehead atoms. The highest BCUT2D eigenvalue weighted by atomic mass is 16.1. The summed E-state index contributed by atoms with van der Waals surface area (Å²) < 4.78 is 0. The molecule has 1 N–H and O–H groups in total. The number of hydrogen-bond acceptors (Lipinski definition) is 2. The average molecular weight is 220 g/mol. The lowest BCUT2D eigenvalue weighted by Gasteiger charge is -2.26. The number of nitrogens with one attached hydrogen (secondary N) is 1. The van der Waals surface area contributed by atoms with Crippen molar-refractivity contribution in [3.63, 3.8) is 0 Å². The second kappa shape index (κ2) is 4.83. The highest BCUT2D eigenvalue weighted by Gasteiger charge is 2.26. The van der Waals surface area contributed by atoms with Gasteiger partial charge in [-0.3, -0.25) is 9.69 Å². The molecule has 3 heteroatoms. The number of pyridine rings is 1. The third kappa shape index (κ3) is 2.53. The maximum atomic E-state index is 11.0. The Kier molecular flexibility index (Phi) is 3.44. The highest BCUT2D eigenvalue weighted by molar-refractivity contribution is 5.15. The van der Waals surface area contributed by atoms with E-state index in [0.29, 0.717) is 12.0 Å². The van der Waals surface area contributed by atoms with Crippen LogP contribution >= 0.6 is 0 Å². The fourth-order valence-electron chi connectivity index (χ4n) is 2.52. The Labute approximate surface area is 96.5 Å². The van der Waals surface area contributed by atoms with Gasteiger partial charge in [0.15, 0.2) is 0 Å². The first-order chi connectivity index (χ1) is 7.66. The molecule has 1 fully saturated rings. The van der Waals surface area contributed by atoms with E-state index in [-0.39, 0.29) is 5.56 Å². The zero-order valence-corrected chi connectivity index (χ0v) is 10.1. The molecule has 2 heterocycles. The minimum Gasteiger partial charge on any atom is -0.329 e. The summed E-state index contributed by atoms with van der Waals surface area (Å²) >= 11 is 0. The Morgan fingerprint density at radius 1 is 1.50 bits per heavy atom. The molecule has 0 saturated carbocycles. The molecule has 3 nitrogen and oxygen atoms in total. The molecule has 1 aliphatic rings. The van der Waals surface area contributed by atoms with E-state index in [1.165, 1.54) is 24.9 Å². The Morgan fingerprint density at radius 3 is 2.94 bits per heavy atom. The van der Waals surface area contributed by atoms with Crippen molar-refractivity contribution in [3.05, 3.63) is 34.2 Å². The van der Waals surface area contributed by atoms with Gasteiger partial charge in [-0.2, -0.15) is 0 Å². The zero-order valence-electron chi connectivity index (χ0n) is 10.1. The first-order valence-electron chi connectivity index (χ1n) is 6.09. The summed E-state index contributed by atoms with van der Waals surface area (Å²) in [4.78, 5) is 16.3. The summed E-state index contributed by atoms with van der Waals surface area (Å²) in [6, 6.07) is 4.09. The smallest absolute Gasteiger partial charge is 0.247 e. The summed E-state index contributed by atoms with van der Waals surface area (Å²) in [6.45, 7) is 6.83. The maximum Gasteiger partial charge on any atom is 0.247 e. The molecule has 1 atom stereocenters. The lowest BCUT2D eigenvalue weighted by Crippen LogP contribution is -2.27. The van der Waals surface area contributed by atoms with Crippen LogP contribution < -0.4 is 5.56 Å². The summed E-state index contributed by atoms with van der Waals surface area (Å²) in [5, 5.41) is 0. The van der Waals surface area contributed by atoms with Gasteiger partial charge in [0.05, 0.1) is 0 Å². The normalized spacial score (nSPS) is 21.8. The van der Waals surface area contributed by atoms with Crippen molar-refractivity contribution in [1.82, 2.24) is 9.88 Å². The molecule has 0 spiro atoms. The Bertz CT molecular complexity index is 377. The van der Waals surface area contributed by atoms with E-state index in [1.54, 1.807) is 6.07 Å². The van der Waals surface area contributed by atoms with Crippen LogP contribution in [0.3, 0.4) is 0 Å². The van der Waals surface area contributed by atoms with Crippen LogP contribution in [0, 0.1) is 5.92 Å². The molecule has 1 aliphatic heterocycles. The Balaban J connectivity index is 2.13. The van der Waals surface area contributed by atoms with Crippen LogP contribution in [0.4, 0.5) is 0 Å². The van der Waals surface area contributed by atoms with Gasteiger partial charge >= 0.3 is 0 Å². The fourth-order valence-corrected chi connectivity index (χ4v) is 2.52. The van der Waals surface area contributed by atoms with E-state index in [0.717, 1.165) is 6.54 Å². The number of aromatic nitrogens is 1. The van der Waals surface area contributed by atoms with Crippen LogP contribution in [-0.2, 0) is 0 Å². The average Bonchev–Trinajstić information content (AvgIpc) is 2.66. The Morgan fingerprint density at radius 2 is 2.31 bits per heavy atom. The van der Waals surface area contributed by atoms with Crippen LogP contribution in [0.2, 0.25) is 0 Å². The minimum absolute atomic E-state index is 0.0165. The second-order valence-corrected chi connectivity index (χ2v) is 5.03. The van der Waals surface area contributed by atoms with Crippen molar-refractivity contribution in [3.8, 4) is 0 Å². The molecular weight excluding hydrogens is 200 g/mol. The van der Waals surface area contributed by atoms with E-state index in [1.807, 2.05) is 12.3 Å². The molecule has 0 radical (unpaired) electrons. The molecule has 0 aromatic carbocycles. The van der Waals surface area contributed by atoms with Crippen molar-refractivity contribution in [2.75, 3.05) is 13.1 Å². The van der Waals surface area contributed by atoms with Gasteiger partial charge in [0.25, 0.3) is 0 Å². The fraction of sp³-hybridized carbons (Fsp3) is 0.615. The van der Waals surface area contributed by atoms with Gasteiger partial charge in [0.2, 0.25) is 5.56 Å². The van der Waals surface area contributed by atoms with Gasteiger partial charge in [0.1, 0.15) is 0 Å². The molecule has 88 valence electrons. The van der Waals surface area contributed by atoms with Crippen molar-refractivity contribution >= 4 is 0 Å². The number of likely N-dealkylation sites (tertiary alicyclic amines) is 1. The number of H-pyrrole nitrogens is 1. The first-order valence-corrected chi connectivity index (χ1v) is 6.09. The number of rotatable bonds is 3. The summed E-state index contributed by atoms with van der Waals surface area (Å²) in [6.07, 6.45) is 4.33. The molecule has 1 saturated heterocycles. The summed E-state index contributed by atoms with van der Waals surface area (Å²) in [7, 11) is 0. The van der Waals surface area contributed by atoms with Gasteiger partial charge in [-0.1, -0.05) is 19.9 Å². The van der Waals surface area contributed by atoms with Crippen molar-refractivity contribution < 1.29 is 0 Å². The predicted octanol–water partition coefficient (Wildman–Crippen LogP) is 2.17. The van der Waals surface area contributed by atoms with Gasteiger partial charge in [-0.05, 0) is 30.9 Å². The van der Waals surface area contributed by atoms with Crippen LogP contribution in [0.25, 0.3) is 0 Å². The van der Waals surface area contributed by atoms with Gasteiger partial charge < -0.3 is 4.98 Å². The largest absolute Gasteiger partial charge is 0.329 e. The predicted molar refractivity (Wildman–Crippen MR) is 65.4 cm³/mol. The van der Waals surface area contributed by atoms with Crippen LogP contribution in [0.15, 0.2) is 23.1 Å². The zero-order chi connectivity index (χ0) is 11.5. The molecule has 16 heavy (non-hydrogen) atoms. The molecule has 1 aromatic heterocycles. The maximum absolute atomic E-state index is 11.0. The van der Waals surface area contributed by atoms with E-state index in [4.69, 9.17) is 0 Å². The minimum atomic E-state index is -0.0165. The van der Waals surface area contributed by atoms with E-state index >= 15 is 0 Å². The second-order valence-electron chi connectivity index (χ2n) is 5.03. The quantitative estimate of drug-likeness (QED) is 0.847. The topological polar surface area (TPSA) is 36.1 Å². The summed E-state index contributed by atoms with van der Waals surface area (Å²) in [5.74, 6) is 0.698. The van der Waals surface area contributed by atoms with Gasteiger partial charge in [0, 0.05) is 24.8 Å². The molecule has 0 aliphatic carbocycles. The number of aromatic amines is 1. The van der Waals surface area contributed by atoms with E-state index in [9.17, 15) is 4.79 Å². The molecular formula is C13H20N2O. The molecule has 2 rings (SSSR count). The van der Waals surface area contributed by atoms with Gasteiger partial charge in [-0.25, -0.2) is 0 Å². The Hall–Kier alpha value is -1.09. The first kappa shape index (κ1) is 11.4. The van der Waals surface area contributed by atoms with Crippen molar-refractivity contribution in [2.24, 2.45) is 5.92 Å². The van der Waals surface area contributed by atoms with Crippen LogP contribution in [-0.4, -0.2) is 23.0 Å². The lowest BCUT2D eigenvalue weighted by atomic mass is 10.1. The third-order valence-corrected chi connectivity index (χ3v) is 3.16. The molecule has 0 amide bonds.